The second-order valence-electron chi connectivity index (χ2n) is 13.1. The summed E-state index contributed by atoms with van der Waals surface area (Å²) in [6.45, 7) is 0. The molecule has 7 rings (SSSR count). The minimum absolute atomic E-state index is 0.0541. The fourth-order valence-corrected chi connectivity index (χ4v) is 9.18. The number of methoxy groups -OCH3 is 1. The molecular weight excluding hydrogens is 819 g/mol. The van der Waals surface area contributed by atoms with Crippen LogP contribution in [-0.2, 0) is 25.4 Å². The van der Waals surface area contributed by atoms with E-state index in [0.717, 1.165) is 19.2 Å². The van der Waals surface area contributed by atoms with Crippen LogP contribution < -0.4 is 14.6 Å². The van der Waals surface area contributed by atoms with E-state index < -0.39 is 122 Å². The van der Waals surface area contributed by atoms with Crippen LogP contribution in [0.3, 0.4) is 0 Å². The summed E-state index contributed by atoms with van der Waals surface area (Å²) in [5, 5.41) is 11.6. The molecule has 2 aromatic carbocycles. The van der Waals surface area contributed by atoms with Crippen LogP contribution in [0.2, 0.25) is 5.02 Å². The van der Waals surface area contributed by atoms with E-state index in [4.69, 9.17) is 39.5 Å². The number of rotatable bonds is 5. The smallest absolute Gasteiger partial charge is 0.433 e. The van der Waals surface area contributed by atoms with E-state index in [1.807, 2.05) is 0 Å². The van der Waals surface area contributed by atoms with Gasteiger partial charge in [-0.3, -0.25) is 24.2 Å². The second-order valence-corrected chi connectivity index (χ2v) is 14.8. The molecule has 6 unspecified atom stereocenters. The van der Waals surface area contributed by atoms with Gasteiger partial charge in [-0.05, 0) is 48.6 Å². The molecule has 1 aromatic heterocycles. The number of anilines is 2. The molecule has 1 N–H and O–H groups in total. The fourth-order valence-electron chi connectivity index (χ4n) is 8.02. The molecule has 2 aliphatic carbocycles. The van der Waals surface area contributed by atoms with Gasteiger partial charge in [-0.25, -0.2) is 31.8 Å². The highest BCUT2D eigenvalue weighted by atomic mass is 35.5. The Labute approximate surface area is 318 Å². The number of aromatic hydroxyl groups is 1. The Kier molecular flexibility index (Phi) is 8.89. The largest absolute Gasteiger partial charge is 0.504 e. The topological polar surface area (TPSA) is 120 Å². The van der Waals surface area contributed by atoms with Crippen molar-refractivity contribution in [3.05, 3.63) is 87.3 Å². The molecule has 3 heterocycles. The van der Waals surface area contributed by atoms with Crippen LogP contribution in [0.4, 0.5) is 46.6 Å². The van der Waals surface area contributed by atoms with Crippen LogP contribution in [-0.4, -0.2) is 62.6 Å². The lowest BCUT2D eigenvalue weighted by Gasteiger charge is -2.50. The number of phenolic OH excluding ortho intramolecular Hbond substituents is 1. The van der Waals surface area contributed by atoms with E-state index in [2.05, 4.69) is 4.98 Å². The number of pyridine rings is 1. The lowest BCUT2D eigenvalue weighted by atomic mass is 9.56. The third-order valence-electron chi connectivity index (χ3n) is 10.5. The van der Waals surface area contributed by atoms with Crippen molar-refractivity contribution in [1.29, 1.82) is 0 Å². The molecule has 4 amide bonds. The Bertz CT molecular complexity index is 2270. The second kappa shape index (κ2) is 12.7. The van der Waals surface area contributed by atoms with Gasteiger partial charge in [0.25, 0.3) is 23.6 Å². The van der Waals surface area contributed by atoms with E-state index in [0.29, 0.717) is 16.1 Å². The number of allylic oxidation sites excluding steroid dienone is 2. The maximum Gasteiger partial charge on any atom is 0.433 e. The van der Waals surface area contributed by atoms with Gasteiger partial charge >= 0.3 is 6.18 Å². The Morgan fingerprint density at radius 2 is 1.53 bits per heavy atom. The van der Waals surface area contributed by atoms with E-state index in [9.17, 15) is 50.6 Å². The van der Waals surface area contributed by atoms with E-state index in [1.165, 1.54) is 25.3 Å². The quantitative estimate of drug-likeness (QED) is 0.0747. The monoisotopic (exact) mass is 838 g/mol. The zero-order valence-electron chi connectivity index (χ0n) is 27.6. The molecule has 1 saturated carbocycles. The number of nitrogens with zero attached hydrogens (tertiary/aromatic N) is 4. The van der Waals surface area contributed by atoms with Gasteiger partial charge in [-0.2, -0.15) is 18.2 Å². The molecule has 3 fully saturated rings. The summed E-state index contributed by atoms with van der Waals surface area (Å²) >= 11 is 20.3. The van der Waals surface area contributed by atoms with E-state index in [1.54, 1.807) is 0 Å². The van der Waals surface area contributed by atoms with Crippen LogP contribution in [0.15, 0.2) is 42.0 Å². The number of hydrogen-bond donors (Lipinski definition) is 1. The molecule has 0 spiro atoms. The number of benzene rings is 2. The van der Waals surface area contributed by atoms with E-state index >= 15 is 8.78 Å². The third kappa shape index (κ3) is 5.16. The predicted octanol–water partition coefficient (Wildman–Crippen LogP) is 6.78. The fraction of sp³-hybridized carbons (Fsp3) is 0.324. The molecule has 10 nitrogen and oxygen atoms in total. The minimum Gasteiger partial charge on any atom is -0.504 e. The number of carbonyl (C=O) groups excluding carboxylic acids is 4. The molecule has 2 saturated heterocycles. The van der Waals surface area contributed by atoms with Crippen LogP contribution in [0, 0.1) is 46.8 Å². The zero-order chi connectivity index (χ0) is 40.4. The van der Waals surface area contributed by atoms with Crippen molar-refractivity contribution in [2.75, 3.05) is 24.1 Å². The molecule has 4 aliphatic rings. The number of imide groups is 2. The van der Waals surface area contributed by atoms with Crippen LogP contribution in [0.1, 0.15) is 30.0 Å². The van der Waals surface area contributed by atoms with Gasteiger partial charge in [0.2, 0.25) is 5.82 Å². The lowest BCUT2D eigenvalue weighted by Crippen LogP contribution is -2.60. The molecular formula is C34H21Cl3F8N4O6. The van der Waals surface area contributed by atoms with Crippen LogP contribution in [0.5, 0.6) is 11.5 Å². The maximum absolute atomic E-state index is 15.2. The van der Waals surface area contributed by atoms with Crippen molar-refractivity contribution in [3.63, 3.8) is 0 Å². The number of amides is 4. The first-order valence-electron chi connectivity index (χ1n) is 15.8. The SMILES string of the molecule is COc1ccc(C2C3=CCC4C(=O)N(N(C)c5nc(C(F)(F)F)ccc5Cl)C(=O)C4C3CC3(Cl)C(=O)N(c4c(F)c(F)c(F)c(F)c4F)C(=O)C23Cl)cc1O. The highest BCUT2D eigenvalue weighted by molar-refractivity contribution is 6.58. The number of carbonyl (C=O) groups is 4. The van der Waals surface area contributed by atoms with Gasteiger partial charge in [-0.1, -0.05) is 29.3 Å². The number of phenols is 1. The summed E-state index contributed by atoms with van der Waals surface area (Å²) in [5.74, 6) is -25.3. The minimum atomic E-state index is -4.95. The normalized spacial score (nSPS) is 27.6. The van der Waals surface area contributed by atoms with Gasteiger partial charge in [0.05, 0.1) is 24.0 Å². The highest BCUT2D eigenvalue weighted by Crippen LogP contribution is 2.66. The average molecular weight is 840 g/mol. The molecule has 290 valence electrons. The van der Waals surface area contributed by atoms with Crippen molar-refractivity contribution < 1.29 is 64.1 Å². The van der Waals surface area contributed by atoms with Crippen molar-refractivity contribution in [3.8, 4) is 11.5 Å². The summed E-state index contributed by atoms with van der Waals surface area (Å²) in [5.41, 5.74) is -3.42. The molecule has 0 bridgehead atoms. The molecule has 3 aromatic rings. The molecule has 21 heteroatoms. The van der Waals surface area contributed by atoms with E-state index in [-0.39, 0.29) is 33.2 Å². The number of ether oxygens (including phenoxy) is 1. The number of fused-ring (bicyclic) bond motifs is 4. The number of hydrazine groups is 1. The van der Waals surface area contributed by atoms with Gasteiger partial charge in [-0.15, -0.1) is 23.2 Å². The number of aromatic nitrogens is 1. The maximum atomic E-state index is 15.2. The van der Waals surface area contributed by atoms with Crippen molar-refractivity contribution >= 4 is 69.9 Å². The average Bonchev–Trinajstić information content (AvgIpc) is 3.47. The van der Waals surface area contributed by atoms with Gasteiger partial charge in [0, 0.05) is 13.0 Å². The number of halogens is 11. The standard InChI is InChI=1S/C34H21Cl3F8N4O6/c1-47(27-15(35)6-8-18(46-27)34(43,44)45)49-28(51)13-5-4-12-14(19(13)29(49)52)10-32(36)30(53)48(26-24(41)22(39)21(38)23(40)25(26)42)31(54)33(32,37)20(12)11-3-7-17(55-2)16(50)9-11/h3-4,6-9,13-14,19-20,50H,5,10H2,1-2H3. The predicted molar refractivity (Wildman–Crippen MR) is 176 cm³/mol. The summed E-state index contributed by atoms with van der Waals surface area (Å²) in [7, 11) is 2.25. The Morgan fingerprint density at radius 3 is 2.11 bits per heavy atom. The van der Waals surface area contributed by atoms with Gasteiger partial charge < -0.3 is 9.84 Å². The van der Waals surface area contributed by atoms with Crippen molar-refractivity contribution in [1.82, 2.24) is 9.99 Å². The van der Waals surface area contributed by atoms with Crippen molar-refractivity contribution in [2.45, 2.75) is 34.7 Å². The molecule has 55 heavy (non-hydrogen) atoms. The van der Waals surface area contributed by atoms with Crippen LogP contribution >= 0.6 is 34.8 Å². The first-order valence-corrected chi connectivity index (χ1v) is 17.0. The lowest BCUT2D eigenvalue weighted by molar-refractivity contribution is -0.141. The molecule has 2 aliphatic heterocycles. The first-order chi connectivity index (χ1) is 25.6. The zero-order valence-corrected chi connectivity index (χ0v) is 29.9. The molecule has 6 atom stereocenters. The number of hydrogen-bond acceptors (Lipinski definition) is 8. The van der Waals surface area contributed by atoms with Gasteiger partial charge in [0.1, 0.15) is 11.4 Å². The Hall–Kier alpha value is -4.68. The molecule has 0 radical (unpaired) electrons. The Balaban J connectivity index is 1.39. The Morgan fingerprint density at radius 1 is 0.909 bits per heavy atom. The number of alkyl halides is 5. The highest BCUT2D eigenvalue weighted by Gasteiger charge is 2.77. The summed E-state index contributed by atoms with van der Waals surface area (Å²) in [6, 6.07) is 4.96. The van der Waals surface area contributed by atoms with Crippen LogP contribution in [0.25, 0.3) is 0 Å². The van der Waals surface area contributed by atoms with Gasteiger partial charge in [0.15, 0.2) is 50.3 Å². The summed E-state index contributed by atoms with van der Waals surface area (Å²) < 4.78 is 119. The third-order valence-corrected chi connectivity index (χ3v) is 12.2. The summed E-state index contributed by atoms with van der Waals surface area (Å²) in [6.07, 6.45) is -4.68. The summed E-state index contributed by atoms with van der Waals surface area (Å²) in [4.78, 5) is 54.3. The first kappa shape index (κ1) is 38.6. The van der Waals surface area contributed by atoms with Crippen molar-refractivity contribution in [2.24, 2.45) is 17.8 Å².